The first-order chi connectivity index (χ1) is 20.4. The molecule has 1 aliphatic rings. The van der Waals surface area contributed by atoms with Crippen LogP contribution in [0.25, 0.3) is 0 Å². The fourth-order valence-corrected chi connectivity index (χ4v) is 4.71. The van der Waals surface area contributed by atoms with Gasteiger partial charge in [-0.1, -0.05) is 115 Å². The molecule has 1 aliphatic heterocycles. The minimum atomic E-state index is -0.989. The van der Waals surface area contributed by atoms with Gasteiger partial charge in [0.15, 0.2) is 0 Å². The zero-order valence-electron chi connectivity index (χ0n) is 27.1. The first-order valence-electron chi connectivity index (χ1n) is 17.0. The van der Waals surface area contributed by atoms with E-state index in [4.69, 9.17) is 14.2 Å². The van der Waals surface area contributed by atoms with Crippen LogP contribution < -0.4 is 0 Å². The lowest BCUT2D eigenvalue weighted by Crippen LogP contribution is -2.25. The van der Waals surface area contributed by atoms with E-state index < -0.39 is 6.10 Å². The highest BCUT2D eigenvalue weighted by atomic mass is 16.6. The Labute approximate surface area is 257 Å². The number of ether oxygens (including phenoxy) is 3. The van der Waals surface area contributed by atoms with E-state index in [1.165, 1.54) is 57.8 Å². The molecule has 2 unspecified atom stereocenters. The van der Waals surface area contributed by atoms with E-state index >= 15 is 0 Å². The van der Waals surface area contributed by atoms with Gasteiger partial charge in [-0.2, -0.15) is 0 Å². The molecule has 0 aromatic heterocycles. The number of rotatable bonds is 28. The lowest BCUT2D eigenvalue weighted by Gasteiger charge is -2.12. The molecule has 242 valence electrons. The number of epoxide rings is 1. The summed E-state index contributed by atoms with van der Waals surface area (Å²) in [5, 5.41) is 9.96. The number of unbranched alkanes of at least 4 members (excludes halogenated alkanes) is 10. The summed E-state index contributed by atoms with van der Waals surface area (Å²) in [6, 6.07) is 0. The Hall–Kier alpha value is -1.92. The Kier molecular flexibility index (Phi) is 24.2. The molecule has 1 N–H and O–H groups in total. The molecule has 0 amide bonds. The van der Waals surface area contributed by atoms with E-state index in [-0.39, 0.29) is 25.2 Å². The van der Waals surface area contributed by atoms with Gasteiger partial charge in [-0.3, -0.25) is 9.59 Å². The Morgan fingerprint density at radius 1 is 0.690 bits per heavy atom. The number of carbonyl (C=O) groups is 2. The Morgan fingerprint density at radius 3 is 1.86 bits per heavy atom. The standard InChI is InChI=1S/C36H62O6/c1-4-5-6-7-8-9-12-15-20-25-33-34(42-33)26-21-17-18-23-28-36(39)41-30-32(37)29-40-35(38)27-22-16-13-10-11-14-19-24-31(2)3/h8-9,15,17,20-21,31-34,37H,4-7,10-14,16,18-19,22-30H2,1-3H3/b9-8-,20-15-,21-17-/t32-,33?,34?/m1/s1. The third kappa shape index (κ3) is 24.7. The van der Waals surface area contributed by atoms with Gasteiger partial charge in [0, 0.05) is 12.8 Å². The van der Waals surface area contributed by atoms with Crippen LogP contribution in [0.1, 0.15) is 143 Å². The maximum Gasteiger partial charge on any atom is 0.305 e. The van der Waals surface area contributed by atoms with Crippen LogP contribution in [0.5, 0.6) is 0 Å². The monoisotopic (exact) mass is 590 g/mol. The van der Waals surface area contributed by atoms with Gasteiger partial charge in [-0.25, -0.2) is 0 Å². The van der Waals surface area contributed by atoms with Crippen LogP contribution in [0.3, 0.4) is 0 Å². The van der Waals surface area contributed by atoms with Crippen LogP contribution >= 0.6 is 0 Å². The molecule has 0 aliphatic carbocycles. The molecular formula is C36H62O6. The molecule has 6 nitrogen and oxygen atoms in total. The van der Waals surface area contributed by atoms with Crippen molar-refractivity contribution in [1.29, 1.82) is 0 Å². The van der Waals surface area contributed by atoms with E-state index in [0.29, 0.717) is 31.5 Å². The molecule has 1 heterocycles. The van der Waals surface area contributed by atoms with Crippen LogP contribution in [-0.4, -0.2) is 48.6 Å². The summed E-state index contributed by atoms with van der Waals surface area (Å²) in [5.41, 5.74) is 0. The fourth-order valence-electron chi connectivity index (χ4n) is 4.71. The predicted molar refractivity (Wildman–Crippen MR) is 172 cm³/mol. The van der Waals surface area contributed by atoms with Gasteiger partial charge in [-0.15, -0.1) is 0 Å². The molecule has 1 saturated heterocycles. The summed E-state index contributed by atoms with van der Waals surface area (Å²) in [4.78, 5) is 23.8. The number of carbonyl (C=O) groups excluding carboxylic acids is 2. The number of hydrogen-bond acceptors (Lipinski definition) is 6. The van der Waals surface area contributed by atoms with Gasteiger partial charge in [0.25, 0.3) is 0 Å². The van der Waals surface area contributed by atoms with Crippen molar-refractivity contribution in [2.45, 2.75) is 161 Å². The predicted octanol–water partition coefficient (Wildman–Crippen LogP) is 8.96. The Balaban J connectivity index is 1.91. The van der Waals surface area contributed by atoms with Gasteiger partial charge in [0.05, 0.1) is 12.2 Å². The van der Waals surface area contributed by atoms with E-state index in [0.717, 1.165) is 50.9 Å². The first kappa shape index (κ1) is 38.1. The zero-order chi connectivity index (χ0) is 30.7. The number of aliphatic hydroxyl groups is 1. The van der Waals surface area contributed by atoms with E-state index in [1.54, 1.807) is 0 Å². The normalized spacial score (nSPS) is 17.5. The average Bonchev–Trinajstić information content (AvgIpc) is 3.72. The molecule has 0 bridgehead atoms. The Morgan fingerprint density at radius 2 is 1.21 bits per heavy atom. The number of allylic oxidation sites excluding steroid dienone is 4. The van der Waals surface area contributed by atoms with Crippen molar-refractivity contribution < 1.29 is 28.9 Å². The topological polar surface area (TPSA) is 85.4 Å². The van der Waals surface area contributed by atoms with Crippen molar-refractivity contribution in [1.82, 2.24) is 0 Å². The molecule has 1 rings (SSSR count). The molecule has 6 heteroatoms. The SMILES string of the molecule is CCCCC/C=C\C/C=C\CC1OC1C/C=C\CCCC(=O)OC[C@H](O)COC(=O)CCCCCCCCCC(C)C. The van der Waals surface area contributed by atoms with Crippen molar-refractivity contribution in [2.24, 2.45) is 5.92 Å². The zero-order valence-corrected chi connectivity index (χ0v) is 27.1. The summed E-state index contributed by atoms with van der Waals surface area (Å²) in [6.07, 6.45) is 32.3. The summed E-state index contributed by atoms with van der Waals surface area (Å²) in [5.74, 6) is 0.146. The fraction of sp³-hybridized carbons (Fsp3) is 0.778. The van der Waals surface area contributed by atoms with Crippen LogP contribution in [0.15, 0.2) is 36.5 Å². The third-order valence-electron chi connectivity index (χ3n) is 7.46. The number of esters is 2. The van der Waals surface area contributed by atoms with Gasteiger partial charge in [0.2, 0.25) is 0 Å². The first-order valence-corrected chi connectivity index (χ1v) is 17.0. The Bertz CT molecular complexity index is 756. The molecule has 0 aromatic carbocycles. The van der Waals surface area contributed by atoms with Crippen LogP contribution in [0, 0.1) is 5.92 Å². The third-order valence-corrected chi connectivity index (χ3v) is 7.46. The second kappa shape index (κ2) is 26.7. The molecule has 0 spiro atoms. The van der Waals surface area contributed by atoms with Crippen molar-refractivity contribution in [2.75, 3.05) is 13.2 Å². The minimum Gasteiger partial charge on any atom is -0.463 e. The second-order valence-electron chi connectivity index (χ2n) is 12.1. The molecule has 42 heavy (non-hydrogen) atoms. The molecule has 3 atom stereocenters. The molecule has 1 fully saturated rings. The quantitative estimate of drug-likeness (QED) is 0.0424. The van der Waals surface area contributed by atoms with Crippen LogP contribution in [0.4, 0.5) is 0 Å². The number of hydrogen-bond donors (Lipinski definition) is 1. The van der Waals surface area contributed by atoms with Crippen molar-refractivity contribution in [3.8, 4) is 0 Å². The van der Waals surface area contributed by atoms with E-state index in [2.05, 4.69) is 57.2 Å². The summed E-state index contributed by atoms with van der Waals surface area (Å²) >= 11 is 0. The summed E-state index contributed by atoms with van der Waals surface area (Å²) < 4.78 is 16.0. The minimum absolute atomic E-state index is 0.138. The van der Waals surface area contributed by atoms with Gasteiger partial charge in [-0.05, 0) is 57.3 Å². The highest BCUT2D eigenvalue weighted by Gasteiger charge is 2.35. The van der Waals surface area contributed by atoms with E-state index in [1.807, 2.05) is 0 Å². The molecular weight excluding hydrogens is 528 g/mol. The van der Waals surface area contributed by atoms with Crippen molar-refractivity contribution in [3.63, 3.8) is 0 Å². The lowest BCUT2D eigenvalue weighted by atomic mass is 10.0. The maximum atomic E-state index is 11.9. The van der Waals surface area contributed by atoms with Crippen LogP contribution in [-0.2, 0) is 23.8 Å². The lowest BCUT2D eigenvalue weighted by molar-refractivity contribution is -0.152. The van der Waals surface area contributed by atoms with Gasteiger partial charge >= 0.3 is 11.9 Å². The molecule has 0 radical (unpaired) electrons. The van der Waals surface area contributed by atoms with Crippen molar-refractivity contribution in [3.05, 3.63) is 36.5 Å². The average molecular weight is 591 g/mol. The maximum absolute atomic E-state index is 11.9. The number of aliphatic hydroxyl groups excluding tert-OH is 1. The largest absolute Gasteiger partial charge is 0.463 e. The second-order valence-corrected chi connectivity index (χ2v) is 12.1. The summed E-state index contributed by atoms with van der Waals surface area (Å²) in [6.45, 7) is 6.47. The van der Waals surface area contributed by atoms with Crippen LogP contribution in [0.2, 0.25) is 0 Å². The van der Waals surface area contributed by atoms with Gasteiger partial charge in [0.1, 0.15) is 19.3 Å². The van der Waals surface area contributed by atoms with E-state index in [9.17, 15) is 14.7 Å². The summed E-state index contributed by atoms with van der Waals surface area (Å²) in [7, 11) is 0. The molecule has 0 saturated carbocycles. The van der Waals surface area contributed by atoms with Crippen molar-refractivity contribution >= 4 is 11.9 Å². The smallest absolute Gasteiger partial charge is 0.305 e. The molecule has 0 aromatic rings. The highest BCUT2D eigenvalue weighted by Crippen LogP contribution is 2.29. The van der Waals surface area contributed by atoms with Gasteiger partial charge < -0.3 is 19.3 Å². The highest BCUT2D eigenvalue weighted by molar-refractivity contribution is 5.69.